The molecule has 4 rings (SSSR count). The van der Waals surface area contributed by atoms with Crippen molar-refractivity contribution in [2.75, 3.05) is 6.61 Å². The maximum atomic E-state index is 12.6. The van der Waals surface area contributed by atoms with E-state index in [9.17, 15) is 4.79 Å². The predicted octanol–water partition coefficient (Wildman–Crippen LogP) is 5.21. The molecule has 0 saturated heterocycles. The highest BCUT2D eigenvalue weighted by atomic mass is 16.6. The number of nitrogens with zero attached hydrogens (tertiary/aromatic N) is 1. The maximum Gasteiger partial charge on any atom is 0.310 e. The lowest BCUT2D eigenvalue weighted by Crippen LogP contribution is -2.10. The van der Waals surface area contributed by atoms with Gasteiger partial charge in [-0.25, -0.2) is 0 Å². The Morgan fingerprint density at radius 2 is 1.86 bits per heavy atom. The Kier molecular flexibility index (Phi) is 5.56. The fourth-order valence-corrected chi connectivity index (χ4v) is 3.52. The van der Waals surface area contributed by atoms with Crippen LogP contribution in [0.4, 0.5) is 0 Å². The average molecular weight is 393 g/mol. The molecule has 0 heterocycles. The van der Waals surface area contributed by atoms with Crippen LogP contribution in [0.5, 0.6) is 11.5 Å². The van der Waals surface area contributed by atoms with Crippen LogP contribution in [-0.4, -0.2) is 18.8 Å². The van der Waals surface area contributed by atoms with Crippen LogP contribution in [0.25, 0.3) is 0 Å². The van der Waals surface area contributed by atoms with Gasteiger partial charge in [0.25, 0.3) is 0 Å². The number of ether oxygens (including phenoxy) is 2. The number of hydrogen-bond donors (Lipinski definition) is 0. The van der Waals surface area contributed by atoms with Crippen molar-refractivity contribution in [3.05, 3.63) is 60.2 Å². The molecule has 2 aromatic carbocycles. The van der Waals surface area contributed by atoms with E-state index in [0.717, 1.165) is 11.3 Å². The van der Waals surface area contributed by atoms with E-state index in [1.807, 2.05) is 54.6 Å². The summed E-state index contributed by atoms with van der Waals surface area (Å²) in [6.45, 7) is 5.02. The number of hydrogen-bond acceptors (Lipinski definition) is 5. The van der Waals surface area contributed by atoms with Gasteiger partial charge in [0, 0.05) is 12.1 Å². The molecule has 2 atom stereocenters. The number of carbonyl (C=O) groups is 1. The van der Waals surface area contributed by atoms with E-state index in [-0.39, 0.29) is 29.8 Å². The van der Waals surface area contributed by atoms with Crippen LogP contribution >= 0.6 is 0 Å². The Bertz CT molecular complexity index is 873. The number of rotatable bonds is 9. The van der Waals surface area contributed by atoms with Crippen molar-refractivity contribution in [1.29, 1.82) is 0 Å². The van der Waals surface area contributed by atoms with Crippen LogP contribution in [-0.2, 0) is 21.0 Å². The molecular weight excluding hydrogens is 366 g/mol. The Hall–Kier alpha value is -2.82. The lowest BCUT2D eigenvalue weighted by atomic mass is 10.1. The van der Waals surface area contributed by atoms with Crippen molar-refractivity contribution in [2.24, 2.45) is 28.3 Å². The SMILES string of the molecule is CC1(C)C(C=NOCC2CC2)C1C(=O)OCc1cccc(Oc2ccccc2)c1. The van der Waals surface area contributed by atoms with Crippen LogP contribution in [0, 0.1) is 23.2 Å². The molecule has 0 aromatic heterocycles. The summed E-state index contributed by atoms with van der Waals surface area (Å²) in [6, 6.07) is 17.2. The summed E-state index contributed by atoms with van der Waals surface area (Å²) >= 11 is 0. The molecule has 0 aliphatic heterocycles. The summed E-state index contributed by atoms with van der Waals surface area (Å²) in [5, 5.41) is 4.06. The van der Waals surface area contributed by atoms with Crippen LogP contribution in [0.15, 0.2) is 59.8 Å². The number of carbonyl (C=O) groups excluding carboxylic acids is 1. The highest BCUT2D eigenvalue weighted by Gasteiger charge is 2.62. The molecule has 2 unspecified atom stereocenters. The molecule has 0 radical (unpaired) electrons. The van der Waals surface area contributed by atoms with Crippen LogP contribution in [0.2, 0.25) is 0 Å². The largest absolute Gasteiger partial charge is 0.461 e. The van der Waals surface area contributed by atoms with E-state index < -0.39 is 0 Å². The molecule has 29 heavy (non-hydrogen) atoms. The summed E-state index contributed by atoms with van der Waals surface area (Å²) in [6.07, 6.45) is 4.23. The van der Waals surface area contributed by atoms with Crippen LogP contribution in [0.3, 0.4) is 0 Å². The van der Waals surface area contributed by atoms with Crippen molar-refractivity contribution in [1.82, 2.24) is 0 Å². The minimum Gasteiger partial charge on any atom is -0.461 e. The fourth-order valence-electron chi connectivity index (χ4n) is 3.52. The van der Waals surface area contributed by atoms with Gasteiger partial charge < -0.3 is 14.3 Å². The molecular formula is C24H27NO4. The summed E-state index contributed by atoms with van der Waals surface area (Å²) < 4.78 is 11.4. The summed E-state index contributed by atoms with van der Waals surface area (Å²) in [7, 11) is 0. The first-order chi connectivity index (χ1) is 14.0. The molecule has 2 fully saturated rings. The zero-order valence-electron chi connectivity index (χ0n) is 16.9. The molecule has 5 heteroatoms. The molecule has 0 bridgehead atoms. The molecule has 0 spiro atoms. The lowest BCUT2D eigenvalue weighted by molar-refractivity contribution is -0.147. The molecule has 5 nitrogen and oxygen atoms in total. The second-order valence-electron chi connectivity index (χ2n) is 8.49. The quantitative estimate of drug-likeness (QED) is 0.333. The Morgan fingerprint density at radius 3 is 2.62 bits per heavy atom. The first kappa shape index (κ1) is 19.5. The Balaban J connectivity index is 1.28. The molecule has 0 amide bonds. The van der Waals surface area contributed by atoms with Gasteiger partial charge in [-0.05, 0) is 54.0 Å². The smallest absolute Gasteiger partial charge is 0.310 e. The van der Waals surface area contributed by atoms with Gasteiger partial charge in [-0.3, -0.25) is 4.79 Å². The van der Waals surface area contributed by atoms with E-state index >= 15 is 0 Å². The molecule has 152 valence electrons. The predicted molar refractivity (Wildman–Crippen MR) is 111 cm³/mol. The van der Waals surface area contributed by atoms with Crippen molar-refractivity contribution >= 4 is 12.2 Å². The van der Waals surface area contributed by atoms with Gasteiger partial charge in [0.15, 0.2) is 0 Å². The Morgan fingerprint density at radius 1 is 1.10 bits per heavy atom. The molecule has 2 saturated carbocycles. The summed E-state index contributed by atoms with van der Waals surface area (Å²) in [5.74, 6) is 1.84. The minimum atomic E-state index is -0.192. The fraction of sp³-hybridized carbons (Fsp3) is 0.417. The van der Waals surface area contributed by atoms with Gasteiger partial charge in [-0.15, -0.1) is 0 Å². The number of para-hydroxylation sites is 1. The average Bonchev–Trinajstić information content (AvgIpc) is 3.62. The zero-order valence-corrected chi connectivity index (χ0v) is 16.9. The standard InChI is InChI=1S/C24H27NO4/c1-24(2)21(14-25-28-16-17-11-12-17)22(24)23(26)27-15-18-7-6-10-20(13-18)29-19-8-4-3-5-9-19/h3-10,13-14,17,21-22H,11-12,15-16H2,1-2H3. The number of esters is 1. The van der Waals surface area contributed by atoms with E-state index in [4.69, 9.17) is 14.3 Å². The third kappa shape index (κ3) is 4.97. The highest BCUT2D eigenvalue weighted by molar-refractivity contribution is 5.85. The third-order valence-electron chi connectivity index (χ3n) is 5.73. The summed E-state index contributed by atoms with van der Waals surface area (Å²) in [5.41, 5.74) is 0.741. The van der Waals surface area contributed by atoms with Gasteiger partial charge in [-0.1, -0.05) is 49.3 Å². The van der Waals surface area contributed by atoms with E-state index in [2.05, 4.69) is 19.0 Å². The van der Waals surface area contributed by atoms with Crippen molar-refractivity contribution in [3.63, 3.8) is 0 Å². The van der Waals surface area contributed by atoms with E-state index in [1.165, 1.54) is 12.8 Å². The van der Waals surface area contributed by atoms with E-state index in [1.54, 1.807) is 6.21 Å². The second kappa shape index (κ2) is 8.27. The molecule has 2 aliphatic rings. The summed E-state index contributed by atoms with van der Waals surface area (Å²) in [4.78, 5) is 17.9. The second-order valence-corrected chi connectivity index (χ2v) is 8.49. The van der Waals surface area contributed by atoms with Gasteiger partial charge in [0.2, 0.25) is 0 Å². The lowest BCUT2D eigenvalue weighted by Gasteiger charge is -2.09. The van der Waals surface area contributed by atoms with Gasteiger partial charge in [0.1, 0.15) is 24.7 Å². The van der Waals surface area contributed by atoms with Gasteiger partial charge >= 0.3 is 5.97 Å². The first-order valence-corrected chi connectivity index (χ1v) is 10.2. The van der Waals surface area contributed by atoms with Gasteiger partial charge in [0.05, 0.1) is 5.92 Å². The highest BCUT2D eigenvalue weighted by Crippen LogP contribution is 2.57. The molecule has 2 aromatic rings. The van der Waals surface area contributed by atoms with Crippen molar-refractivity contribution < 1.29 is 19.1 Å². The third-order valence-corrected chi connectivity index (χ3v) is 5.73. The van der Waals surface area contributed by atoms with Crippen LogP contribution in [0.1, 0.15) is 32.3 Å². The van der Waals surface area contributed by atoms with Crippen molar-refractivity contribution in [2.45, 2.75) is 33.3 Å². The first-order valence-electron chi connectivity index (χ1n) is 10.2. The zero-order chi connectivity index (χ0) is 20.3. The number of benzene rings is 2. The minimum absolute atomic E-state index is 0.0574. The Labute approximate surface area is 171 Å². The van der Waals surface area contributed by atoms with Crippen molar-refractivity contribution in [3.8, 4) is 11.5 Å². The number of oxime groups is 1. The maximum absolute atomic E-state index is 12.6. The molecule has 2 aliphatic carbocycles. The molecule has 0 N–H and O–H groups in total. The van der Waals surface area contributed by atoms with Gasteiger partial charge in [-0.2, -0.15) is 0 Å². The normalized spacial score (nSPS) is 22.3. The monoisotopic (exact) mass is 393 g/mol. The van der Waals surface area contributed by atoms with E-state index in [0.29, 0.717) is 18.3 Å². The topological polar surface area (TPSA) is 57.1 Å². The van der Waals surface area contributed by atoms with Crippen LogP contribution < -0.4 is 4.74 Å².